The summed E-state index contributed by atoms with van der Waals surface area (Å²) in [5.74, 6) is -0.352. The van der Waals surface area contributed by atoms with Crippen LogP contribution < -0.4 is 5.32 Å². The maximum absolute atomic E-state index is 12.0. The largest absolute Gasteiger partial charge is 0.445 e. The molecule has 0 bridgehead atoms. The Kier molecular flexibility index (Phi) is 9.46. The molecule has 1 aromatic carbocycles. The van der Waals surface area contributed by atoms with Crippen LogP contribution in [0.3, 0.4) is 0 Å². The lowest BCUT2D eigenvalue weighted by Gasteiger charge is -2.20. The van der Waals surface area contributed by atoms with Crippen molar-refractivity contribution in [1.82, 2.24) is 5.32 Å². The van der Waals surface area contributed by atoms with Crippen LogP contribution in [0.1, 0.15) is 26.3 Å². The topological polar surface area (TPSA) is 90.9 Å². The minimum absolute atomic E-state index is 0.0956. The van der Waals surface area contributed by atoms with Crippen molar-refractivity contribution in [3.8, 4) is 0 Å². The van der Waals surface area contributed by atoms with Crippen LogP contribution in [0.2, 0.25) is 0 Å². The predicted molar refractivity (Wildman–Crippen MR) is 94.0 cm³/mol. The minimum atomic E-state index is -0.902. The number of rotatable bonds is 8. The lowest BCUT2D eigenvalue weighted by molar-refractivity contribution is -0.155. The number of amides is 1. The van der Waals surface area contributed by atoms with Gasteiger partial charge in [-0.1, -0.05) is 51.1 Å². The van der Waals surface area contributed by atoms with Gasteiger partial charge in [-0.2, -0.15) is 0 Å². The van der Waals surface area contributed by atoms with Gasteiger partial charge in [0.15, 0.2) is 0 Å². The van der Waals surface area contributed by atoms with E-state index in [1.807, 2.05) is 30.3 Å². The van der Waals surface area contributed by atoms with Crippen LogP contribution in [0.5, 0.6) is 0 Å². The molecule has 0 aromatic heterocycles. The molecule has 0 aliphatic rings. The summed E-state index contributed by atoms with van der Waals surface area (Å²) in [6.07, 6.45) is -0.724. The molecule has 1 atom stereocenters. The highest BCUT2D eigenvalue weighted by Crippen LogP contribution is 2.08. The first kappa shape index (κ1) is 20.8. The fourth-order valence-electron chi connectivity index (χ4n) is 1.77. The molecule has 0 heterocycles. The zero-order valence-corrected chi connectivity index (χ0v) is 15.3. The molecule has 0 spiro atoms. The number of esters is 1. The number of nitrogens with one attached hydrogen (secondary N) is 1. The lowest BCUT2D eigenvalue weighted by Crippen LogP contribution is -2.45. The van der Waals surface area contributed by atoms with E-state index in [1.54, 1.807) is 20.8 Å². The zero-order chi connectivity index (χ0) is 18.7. The first-order chi connectivity index (χ1) is 11.9. The number of benzene rings is 1. The summed E-state index contributed by atoms with van der Waals surface area (Å²) in [7, 11) is 0. The Hall–Kier alpha value is -2.22. The Bertz CT molecular complexity index is 564. The van der Waals surface area contributed by atoms with Crippen LogP contribution in [0.4, 0.5) is 9.59 Å². The lowest BCUT2D eigenvalue weighted by atomic mass is 10.1. The van der Waals surface area contributed by atoms with Crippen molar-refractivity contribution in [2.75, 3.05) is 12.5 Å². The van der Waals surface area contributed by atoms with Gasteiger partial charge in [-0.3, -0.25) is 0 Å². The molecule has 1 rings (SSSR count). The molecule has 0 unspecified atom stereocenters. The molecule has 0 aliphatic carbocycles. The van der Waals surface area contributed by atoms with Crippen LogP contribution in [-0.4, -0.2) is 36.0 Å². The average Bonchev–Trinajstić information content (AvgIpc) is 2.58. The van der Waals surface area contributed by atoms with E-state index in [0.717, 1.165) is 17.3 Å². The molecular weight excluding hydrogens is 346 g/mol. The summed E-state index contributed by atoms with van der Waals surface area (Å²) >= 11 is 0.971. The molecule has 0 saturated heterocycles. The highest BCUT2D eigenvalue weighted by molar-refractivity contribution is 8.13. The third-order valence-electron chi connectivity index (χ3n) is 3.05. The van der Waals surface area contributed by atoms with Crippen molar-refractivity contribution in [1.29, 1.82) is 0 Å². The Balaban J connectivity index is 2.42. The maximum Gasteiger partial charge on any atom is 0.408 e. The van der Waals surface area contributed by atoms with Crippen molar-refractivity contribution in [3.63, 3.8) is 0 Å². The number of hydrogen-bond donors (Lipinski definition) is 1. The van der Waals surface area contributed by atoms with E-state index < -0.39 is 30.2 Å². The molecule has 0 fully saturated rings. The van der Waals surface area contributed by atoms with Crippen molar-refractivity contribution >= 4 is 29.1 Å². The highest BCUT2D eigenvalue weighted by atomic mass is 32.2. The molecule has 1 amide bonds. The van der Waals surface area contributed by atoms with Gasteiger partial charge in [0.05, 0.1) is 0 Å². The number of alkyl carbamates (subject to hydrolysis) is 1. The van der Waals surface area contributed by atoms with Crippen LogP contribution in [0.15, 0.2) is 30.3 Å². The molecule has 0 saturated carbocycles. The van der Waals surface area contributed by atoms with Gasteiger partial charge in [-0.05, 0) is 23.2 Å². The standard InChI is InChI=1S/C17H23NO6S/c1-4-25-17(21)24-11-23-15(19)14(12(2)3)18-16(20)22-10-13-8-6-5-7-9-13/h5-9,12,14H,4,10-11H2,1-3H3,(H,18,20)/t14-/m0/s1. The molecule has 0 aliphatic heterocycles. The Morgan fingerprint density at radius 2 is 1.76 bits per heavy atom. The molecule has 0 radical (unpaired) electrons. The number of thioether (sulfide) groups is 1. The van der Waals surface area contributed by atoms with Gasteiger partial charge in [0, 0.05) is 5.75 Å². The maximum atomic E-state index is 12.0. The van der Waals surface area contributed by atoms with Crippen LogP contribution in [0.25, 0.3) is 0 Å². The Morgan fingerprint density at radius 3 is 2.36 bits per heavy atom. The number of ether oxygens (including phenoxy) is 3. The van der Waals surface area contributed by atoms with E-state index in [9.17, 15) is 14.4 Å². The monoisotopic (exact) mass is 369 g/mol. The smallest absolute Gasteiger partial charge is 0.408 e. The van der Waals surface area contributed by atoms with E-state index in [4.69, 9.17) is 14.2 Å². The second kappa shape index (κ2) is 11.4. The molecular formula is C17H23NO6S. The van der Waals surface area contributed by atoms with E-state index in [2.05, 4.69) is 5.32 Å². The first-order valence-electron chi connectivity index (χ1n) is 7.87. The van der Waals surface area contributed by atoms with Gasteiger partial charge in [0.1, 0.15) is 12.6 Å². The van der Waals surface area contributed by atoms with Gasteiger partial charge >= 0.3 is 17.4 Å². The zero-order valence-electron chi connectivity index (χ0n) is 14.5. The quantitative estimate of drug-likeness (QED) is 0.555. The average molecular weight is 369 g/mol. The second-order valence-corrected chi connectivity index (χ2v) is 6.54. The highest BCUT2D eigenvalue weighted by Gasteiger charge is 2.26. The van der Waals surface area contributed by atoms with Gasteiger partial charge in [-0.25, -0.2) is 14.4 Å². The van der Waals surface area contributed by atoms with E-state index in [-0.39, 0.29) is 12.5 Å². The molecule has 25 heavy (non-hydrogen) atoms. The molecule has 7 nitrogen and oxygen atoms in total. The molecule has 1 N–H and O–H groups in total. The summed E-state index contributed by atoms with van der Waals surface area (Å²) in [6, 6.07) is 8.28. The third kappa shape index (κ3) is 8.44. The van der Waals surface area contributed by atoms with Gasteiger partial charge in [0.2, 0.25) is 6.79 Å². The molecule has 138 valence electrons. The third-order valence-corrected chi connectivity index (χ3v) is 3.69. The Labute approximate surface area is 151 Å². The van der Waals surface area contributed by atoms with Crippen LogP contribution in [0, 0.1) is 5.92 Å². The van der Waals surface area contributed by atoms with Crippen molar-refractivity contribution in [2.24, 2.45) is 5.92 Å². The second-order valence-electron chi connectivity index (χ2n) is 5.34. The fraction of sp³-hybridized carbons (Fsp3) is 0.471. The van der Waals surface area contributed by atoms with Crippen molar-refractivity contribution in [2.45, 2.75) is 33.4 Å². The van der Waals surface area contributed by atoms with Crippen LogP contribution >= 0.6 is 11.8 Å². The number of hydrogen-bond acceptors (Lipinski definition) is 7. The van der Waals surface area contributed by atoms with Gasteiger partial charge in [0.25, 0.3) is 0 Å². The summed E-state index contributed by atoms with van der Waals surface area (Å²) < 4.78 is 14.7. The van der Waals surface area contributed by atoms with Crippen molar-refractivity contribution < 1.29 is 28.6 Å². The number of carbonyl (C=O) groups excluding carboxylic acids is 3. The van der Waals surface area contributed by atoms with Crippen molar-refractivity contribution in [3.05, 3.63) is 35.9 Å². The van der Waals surface area contributed by atoms with E-state index in [1.165, 1.54) is 0 Å². The summed E-state index contributed by atoms with van der Waals surface area (Å²) in [4.78, 5) is 35.1. The number of carbonyl (C=O) groups is 3. The fourth-order valence-corrected chi connectivity index (χ4v) is 2.14. The molecule has 8 heteroatoms. The predicted octanol–water partition coefficient (Wildman–Crippen LogP) is 3.33. The first-order valence-corrected chi connectivity index (χ1v) is 8.86. The van der Waals surface area contributed by atoms with Gasteiger partial charge in [-0.15, -0.1) is 0 Å². The molecule has 1 aromatic rings. The summed E-state index contributed by atoms with van der Waals surface area (Å²) in [5.41, 5.74) is 0.835. The summed E-state index contributed by atoms with van der Waals surface area (Å²) in [6.45, 7) is 4.91. The summed E-state index contributed by atoms with van der Waals surface area (Å²) in [5, 5.41) is 1.95. The normalized spacial score (nSPS) is 11.5. The van der Waals surface area contributed by atoms with Crippen LogP contribution in [-0.2, 0) is 25.6 Å². The Morgan fingerprint density at radius 1 is 1.08 bits per heavy atom. The van der Waals surface area contributed by atoms with E-state index in [0.29, 0.717) is 5.75 Å². The van der Waals surface area contributed by atoms with Gasteiger partial charge < -0.3 is 19.5 Å². The van der Waals surface area contributed by atoms with E-state index >= 15 is 0 Å². The SMILES string of the molecule is CCSC(=O)OCOC(=O)[C@@H](NC(=O)OCc1ccccc1)C(C)C. The minimum Gasteiger partial charge on any atom is -0.445 e.